The molecule has 5 aromatic carbocycles. The van der Waals surface area contributed by atoms with E-state index in [-0.39, 0.29) is 44.8 Å². The summed E-state index contributed by atoms with van der Waals surface area (Å²) in [5, 5.41) is 10.8. The Labute approximate surface area is 473 Å². The average Bonchev–Trinajstić information content (AvgIpc) is 4.20. The molecule has 6 heterocycles. The fraction of sp³-hybridized carbons (Fsp3) is 0.224. The molecule has 416 valence electrons. The van der Waals surface area contributed by atoms with Gasteiger partial charge >= 0.3 is 12.1 Å². The van der Waals surface area contributed by atoms with Crippen LogP contribution in [0.15, 0.2) is 157 Å². The number of anilines is 4. The van der Waals surface area contributed by atoms with Gasteiger partial charge < -0.3 is 36.5 Å². The van der Waals surface area contributed by atoms with Gasteiger partial charge in [-0.15, -0.1) is 0 Å². The number of carbonyl (C=O) groups is 3. The minimum Gasteiger partial charge on any atom is -0.399 e. The van der Waals surface area contributed by atoms with Gasteiger partial charge in [0.2, 0.25) is 11.9 Å². The van der Waals surface area contributed by atoms with Gasteiger partial charge in [-0.25, -0.2) is 32.3 Å². The summed E-state index contributed by atoms with van der Waals surface area (Å²) >= 11 is 13.0. The number of nitrogen functional groups attached to an aromatic ring is 1. The van der Waals surface area contributed by atoms with Crippen LogP contribution < -0.4 is 21.7 Å². The highest BCUT2D eigenvalue weighted by Crippen LogP contribution is 2.37. The lowest BCUT2D eigenvalue weighted by Gasteiger charge is -2.33. The van der Waals surface area contributed by atoms with E-state index in [4.69, 9.17) is 33.9 Å². The molecule has 81 heavy (non-hydrogen) atoms. The van der Waals surface area contributed by atoms with Crippen LogP contribution in [-0.4, -0.2) is 110 Å². The standard InChI is InChI=1S/C33H28ClF3N6O4S.C25H25ClN6O/c34-27-18-39-32(41-29(27)26-20-43(28-11-5-4-10-25(26)28)48(46,47)24-8-2-1-3-9-24)38-17-21-7-6-16-42(19-21)30(44)22-12-14-23(15-13-22)40-31(45)33(35,36)37;26-21-14-30-25(31-23(21)20-13-28-22-6-2-1-5-19(20)22)29-12-16-4-3-11-32(15-16)24(33)17-7-9-18(27)10-8-17/h1-5,8-15,18,20-21H,6-7,16-17,19H2,(H,40,45)(H,38,39,41);1-2,5-10,13-14,16,28H,3-4,11-12,15,27H2,(H,29,30,31). The number of nitrogens with two attached hydrogens (primary N) is 1. The first-order valence-electron chi connectivity index (χ1n) is 25.9. The van der Waals surface area contributed by atoms with Gasteiger partial charge in [0.1, 0.15) is 0 Å². The van der Waals surface area contributed by atoms with E-state index in [1.54, 1.807) is 83.1 Å². The molecule has 3 amide bonds. The molecule has 11 rings (SSSR count). The van der Waals surface area contributed by atoms with Crippen molar-refractivity contribution in [1.82, 2.24) is 38.7 Å². The number of fused-ring (bicyclic) bond motifs is 2. The fourth-order valence-corrected chi connectivity index (χ4v) is 11.8. The Morgan fingerprint density at radius 1 is 0.667 bits per heavy atom. The number of halogens is 5. The van der Waals surface area contributed by atoms with Crippen molar-refractivity contribution in [2.24, 2.45) is 11.8 Å². The molecule has 6 N–H and O–H groups in total. The highest BCUT2D eigenvalue weighted by Gasteiger charge is 2.39. The molecule has 0 radical (unpaired) electrons. The molecule has 4 aromatic heterocycles. The van der Waals surface area contributed by atoms with Gasteiger partial charge in [0.05, 0.1) is 44.2 Å². The molecule has 2 aliphatic heterocycles. The molecule has 2 atom stereocenters. The first-order valence-corrected chi connectivity index (χ1v) is 28.1. The minimum absolute atomic E-state index is 0.0358. The van der Waals surface area contributed by atoms with Crippen molar-refractivity contribution >= 4 is 96.0 Å². The summed E-state index contributed by atoms with van der Waals surface area (Å²) < 4.78 is 66.0. The molecular weight excluding hydrogens is 1100 g/mol. The third-order valence-electron chi connectivity index (χ3n) is 14.1. The van der Waals surface area contributed by atoms with Crippen molar-refractivity contribution in [3.63, 3.8) is 0 Å². The molecule has 2 aliphatic rings. The van der Waals surface area contributed by atoms with E-state index < -0.39 is 22.1 Å². The van der Waals surface area contributed by atoms with E-state index in [9.17, 15) is 36.0 Å². The van der Waals surface area contributed by atoms with Gasteiger partial charge in [0.15, 0.2) is 0 Å². The maximum Gasteiger partial charge on any atom is 0.471 e. The number of hydrogen-bond donors (Lipinski definition) is 5. The number of benzene rings is 5. The van der Waals surface area contributed by atoms with Gasteiger partial charge in [-0.1, -0.05) is 77.8 Å². The second kappa shape index (κ2) is 24.1. The number of amides is 3. The fourth-order valence-electron chi connectivity index (χ4n) is 9.99. The van der Waals surface area contributed by atoms with E-state index in [1.807, 2.05) is 35.4 Å². The lowest BCUT2D eigenvalue weighted by molar-refractivity contribution is -0.167. The SMILES string of the molecule is Nc1ccc(C(=O)N2CCCC(CNc3ncc(Cl)c(-c4c[nH]c5ccccc45)n3)C2)cc1.O=C(c1ccc(NC(=O)C(F)(F)F)cc1)N1CCCC(CNc2ncc(Cl)c(-c3cn(S(=O)(=O)c4ccccc4)c4ccccc34)n2)C1. The molecule has 2 fully saturated rings. The molecule has 2 unspecified atom stereocenters. The number of nitrogens with one attached hydrogen (secondary N) is 4. The molecule has 17 nitrogen and oxygen atoms in total. The maximum absolute atomic E-state index is 13.6. The predicted octanol–water partition coefficient (Wildman–Crippen LogP) is 11.3. The molecule has 9 aromatic rings. The van der Waals surface area contributed by atoms with Gasteiger partial charge in [-0.2, -0.15) is 13.2 Å². The third kappa shape index (κ3) is 12.8. The summed E-state index contributed by atoms with van der Waals surface area (Å²) in [6.45, 7) is 3.50. The number of carbonyl (C=O) groups excluding carboxylic acids is 3. The second-order valence-electron chi connectivity index (χ2n) is 19.6. The number of rotatable bonds is 13. The van der Waals surface area contributed by atoms with Crippen LogP contribution in [0.5, 0.6) is 0 Å². The maximum atomic E-state index is 13.6. The zero-order chi connectivity index (χ0) is 56.8. The first kappa shape index (κ1) is 55.8. The molecule has 0 spiro atoms. The topological polar surface area (TPSA) is 226 Å². The minimum atomic E-state index is -5.02. The summed E-state index contributed by atoms with van der Waals surface area (Å²) in [7, 11) is -3.92. The van der Waals surface area contributed by atoms with Crippen LogP contribution in [0.4, 0.5) is 36.4 Å². The Bertz CT molecular complexity index is 3870. The van der Waals surface area contributed by atoms with Gasteiger partial charge in [0, 0.05) is 102 Å². The number of hydrogen-bond acceptors (Lipinski definition) is 12. The Hall–Kier alpha value is -8.53. The van der Waals surface area contributed by atoms with Crippen LogP contribution in [0.25, 0.3) is 44.3 Å². The smallest absolute Gasteiger partial charge is 0.399 e. The van der Waals surface area contributed by atoms with Crippen LogP contribution >= 0.6 is 23.2 Å². The average molecular weight is 1160 g/mol. The van der Waals surface area contributed by atoms with Crippen molar-refractivity contribution in [3.8, 4) is 22.5 Å². The molecule has 0 aliphatic carbocycles. The monoisotopic (exact) mass is 1160 g/mol. The summed E-state index contributed by atoms with van der Waals surface area (Å²) in [5.74, 6) is -1.17. The van der Waals surface area contributed by atoms with Crippen molar-refractivity contribution in [3.05, 3.63) is 173 Å². The molecule has 0 bridgehead atoms. The molecule has 0 saturated carbocycles. The zero-order valence-electron chi connectivity index (χ0n) is 43.2. The number of para-hydroxylation sites is 2. The molecule has 2 saturated heterocycles. The lowest BCUT2D eigenvalue weighted by atomic mass is 9.97. The van der Waals surface area contributed by atoms with Crippen molar-refractivity contribution in [2.45, 2.75) is 36.8 Å². The number of piperidine rings is 2. The normalized spacial score (nSPS) is 15.7. The van der Waals surface area contributed by atoms with E-state index in [1.165, 1.54) is 52.8 Å². The summed E-state index contributed by atoms with van der Waals surface area (Å²) in [6.07, 6.45) is 5.06. The summed E-state index contributed by atoms with van der Waals surface area (Å²) in [5.41, 5.74) is 11.3. The highest BCUT2D eigenvalue weighted by atomic mass is 35.5. The van der Waals surface area contributed by atoms with Crippen molar-refractivity contribution in [1.29, 1.82) is 0 Å². The second-order valence-corrected chi connectivity index (χ2v) is 22.3. The Morgan fingerprint density at radius 2 is 1.19 bits per heavy atom. The Balaban J connectivity index is 0.000000194. The van der Waals surface area contributed by atoms with E-state index >= 15 is 0 Å². The Morgan fingerprint density at radius 3 is 1.77 bits per heavy atom. The van der Waals surface area contributed by atoms with E-state index in [0.29, 0.717) is 88.7 Å². The first-order chi connectivity index (χ1) is 39.0. The quantitative estimate of drug-likeness (QED) is 0.0680. The molecular formula is C58H53Cl2F3N12O5S. The highest BCUT2D eigenvalue weighted by molar-refractivity contribution is 7.90. The summed E-state index contributed by atoms with van der Waals surface area (Å²) in [6, 6.07) is 35.6. The number of likely N-dealkylation sites (tertiary alicyclic amines) is 2. The van der Waals surface area contributed by atoms with E-state index in [2.05, 4.69) is 30.6 Å². The van der Waals surface area contributed by atoms with E-state index in [0.717, 1.165) is 48.7 Å². The van der Waals surface area contributed by atoms with Crippen molar-refractivity contribution in [2.75, 3.05) is 61.0 Å². The van der Waals surface area contributed by atoms with Gasteiger partial charge in [-0.05, 0) is 110 Å². The van der Waals surface area contributed by atoms with Crippen LogP contribution in [0.1, 0.15) is 46.4 Å². The zero-order valence-corrected chi connectivity index (χ0v) is 45.5. The Kier molecular flexibility index (Phi) is 16.6. The summed E-state index contributed by atoms with van der Waals surface area (Å²) in [4.78, 5) is 62.3. The lowest BCUT2D eigenvalue weighted by Crippen LogP contribution is -2.41. The largest absolute Gasteiger partial charge is 0.471 e. The number of nitrogens with zero attached hydrogens (tertiary/aromatic N) is 7. The van der Waals surface area contributed by atoms with Crippen LogP contribution in [0, 0.1) is 11.8 Å². The van der Waals surface area contributed by atoms with Crippen LogP contribution in [-0.2, 0) is 14.8 Å². The van der Waals surface area contributed by atoms with Crippen molar-refractivity contribution < 1.29 is 36.0 Å². The van der Waals surface area contributed by atoms with Crippen LogP contribution in [0.3, 0.4) is 0 Å². The number of alkyl halides is 3. The van der Waals surface area contributed by atoms with Gasteiger partial charge in [-0.3, -0.25) is 14.4 Å². The predicted molar refractivity (Wildman–Crippen MR) is 308 cm³/mol. The third-order valence-corrected chi connectivity index (χ3v) is 16.3. The molecule has 23 heteroatoms. The number of H-pyrrole nitrogens is 1. The number of aromatic nitrogens is 6. The van der Waals surface area contributed by atoms with Crippen LogP contribution in [0.2, 0.25) is 10.0 Å². The van der Waals surface area contributed by atoms with Gasteiger partial charge in [0.25, 0.3) is 21.8 Å². The number of aromatic amines is 1.